The minimum atomic E-state index is -0.188. The van der Waals surface area contributed by atoms with Gasteiger partial charge < -0.3 is 10.1 Å². The zero-order valence-corrected chi connectivity index (χ0v) is 11.1. The largest absolute Gasteiger partial charge is 0.469 e. The van der Waals surface area contributed by atoms with Crippen LogP contribution in [0.25, 0.3) is 0 Å². The first-order valence-electron chi connectivity index (χ1n) is 5.19. The Balaban J connectivity index is 2.44. The maximum Gasteiger partial charge on any atom is 0.306 e. The Morgan fingerprint density at radius 1 is 1.50 bits per heavy atom. The van der Waals surface area contributed by atoms with Crippen LogP contribution in [0, 0.1) is 0 Å². The summed E-state index contributed by atoms with van der Waals surface area (Å²) in [6.45, 7) is 2.69. The van der Waals surface area contributed by atoms with E-state index in [0.29, 0.717) is 13.0 Å². The van der Waals surface area contributed by atoms with Crippen LogP contribution >= 0.6 is 15.9 Å². The second-order valence-electron chi connectivity index (χ2n) is 3.52. The summed E-state index contributed by atoms with van der Waals surface area (Å²) in [7, 11) is 1.40. The number of nitrogens with one attached hydrogen (secondary N) is 1. The van der Waals surface area contributed by atoms with Gasteiger partial charge in [0.25, 0.3) is 0 Å². The van der Waals surface area contributed by atoms with E-state index in [2.05, 4.69) is 39.0 Å². The summed E-state index contributed by atoms with van der Waals surface area (Å²) in [5.74, 6) is -0.188. The number of halogens is 1. The molecule has 1 aromatic carbocycles. The van der Waals surface area contributed by atoms with E-state index >= 15 is 0 Å². The molecule has 16 heavy (non-hydrogen) atoms. The zero-order valence-electron chi connectivity index (χ0n) is 9.50. The van der Waals surface area contributed by atoms with E-state index in [9.17, 15) is 4.79 Å². The van der Waals surface area contributed by atoms with Crippen molar-refractivity contribution < 1.29 is 9.53 Å². The van der Waals surface area contributed by atoms with Crippen LogP contribution in [0.2, 0.25) is 0 Å². The lowest BCUT2D eigenvalue weighted by atomic mass is 10.1. The molecule has 0 aliphatic carbocycles. The number of carbonyl (C=O) groups is 1. The van der Waals surface area contributed by atoms with Crippen LogP contribution in [0.3, 0.4) is 0 Å². The Hall–Kier alpha value is -0.870. The molecule has 0 radical (unpaired) electrons. The number of hydrogen-bond donors (Lipinski definition) is 1. The number of carbonyl (C=O) groups excluding carboxylic acids is 1. The highest BCUT2D eigenvalue weighted by atomic mass is 79.9. The van der Waals surface area contributed by atoms with Crippen molar-refractivity contribution in [3.8, 4) is 0 Å². The van der Waals surface area contributed by atoms with Gasteiger partial charge in [-0.25, -0.2) is 0 Å². The predicted molar refractivity (Wildman–Crippen MR) is 67.2 cm³/mol. The number of methoxy groups -OCH3 is 1. The number of esters is 1. The highest BCUT2D eigenvalue weighted by Gasteiger charge is 2.08. The molecule has 0 aliphatic rings. The van der Waals surface area contributed by atoms with E-state index in [1.54, 1.807) is 0 Å². The summed E-state index contributed by atoms with van der Waals surface area (Å²) in [5, 5.41) is 3.27. The summed E-state index contributed by atoms with van der Waals surface area (Å²) >= 11 is 3.50. The number of hydrogen-bond acceptors (Lipinski definition) is 3. The fourth-order valence-electron chi connectivity index (χ4n) is 1.43. The maximum atomic E-state index is 10.9. The van der Waals surface area contributed by atoms with E-state index in [-0.39, 0.29) is 12.0 Å². The fourth-order valence-corrected chi connectivity index (χ4v) is 2.06. The molecule has 1 N–H and O–H groups in total. The van der Waals surface area contributed by atoms with Crippen LogP contribution in [-0.2, 0) is 9.53 Å². The van der Waals surface area contributed by atoms with E-state index in [4.69, 9.17) is 0 Å². The van der Waals surface area contributed by atoms with Crippen molar-refractivity contribution in [3.05, 3.63) is 34.3 Å². The van der Waals surface area contributed by atoms with Crippen molar-refractivity contribution in [2.45, 2.75) is 19.4 Å². The van der Waals surface area contributed by atoms with E-state index in [1.165, 1.54) is 12.7 Å². The molecule has 0 heterocycles. The SMILES string of the molecule is COC(=O)CCN[C@H](C)c1ccccc1Br. The first-order chi connectivity index (χ1) is 7.65. The smallest absolute Gasteiger partial charge is 0.306 e. The third-order valence-corrected chi connectivity index (χ3v) is 3.10. The zero-order chi connectivity index (χ0) is 12.0. The lowest BCUT2D eigenvalue weighted by molar-refractivity contribution is -0.140. The third-order valence-electron chi connectivity index (χ3n) is 2.38. The molecule has 0 saturated carbocycles. The second-order valence-corrected chi connectivity index (χ2v) is 4.38. The maximum absolute atomic E-state index is 10.9. The molecule has 3 nitrogen and oxygen atoms in total. The average molecular weight is 286 g/mol. The molecular weight excluding hydrogens is 270 g/mol. The van der Waals surface area contributed by atoms with Gasteiger partial charge in [0.05, 0.1) is 13.5 Å². The van der Waals surface area contributed by atoms with Crippen molar-refractivity contribution in [1.29, 1.82) is 0 Å². The molecule has 4 heteroatoms. The molecule has 0 aromatic heterocycles. The van der Waals surface area contributed by atoms with Gasteiger partial charge in [0.1, 0.15) is 0 Å². The lowest BCUT2D eigenvalue weighted by Gasteiger charge is -2.15. The Kier molecular flexibility index (Phi) is 5.49. The standard InChI is InChI=1S/C12H16BrNO2/c1-9(14-8-7-12(15)16-2)10-5-3-4-6-11(10)13/h3-6,9,14H,7-8H2,1-2H3/t9-/m1/s1. The lowest BCUT2D eigenvalue weighted by Crippen LogP contribution is -2.22. The van der Waals surface area contributed by atoms with Crippen LogP contribution in [0.1, 0.15) is 24.9 Å². The molecule has 88 valence electrons. The van der Waals surface area contributed by atoms with Gasteiger partial charge in [0.2, 0.25) is 0 Å². The monoisotopic (exact) mass is 285 g/mol. The Labute approximate surface area is 104 Å². The quantitative estimate of drug-likeness (QED) is 0.846. The molecular formula is C12H16BrNO2. The van der Waals surface area contributed by atoms with Crippen LogP contribution in [0.5, 0.6) is 0 Å². The second kappa shape index (κ2) is 6.66. The van der Waals surface area contributed by atoms with Gasteiger partial charge in [-0.3, -0.25) is 4.79 Å². The molecule has 0 fully saturated rings. The molecule has 1 aromatic rings. The van der Waals surface area contributed by atoms with E-state index < -0.39 is 0 Å². The summed E-state index contributed by atoms with van der Waals surface area (Å²) in [6.07, 6.45) is 0.394. The minimum Gasteiger partial charge on any atom is -0.469 e. The Morgan fingerprint density at radius 2 is 2.19 bits per heavy atom. The summed E-state index contributed by atoms with van der Waals surface area (Å²) in [4.78, 5) is 10.9. The van der Waals surface area contributed by atoms with Crippen molar-refractivity contribution in [2.24, 2.45) is 0 Å². The Bertz CT molecular complexity index is 355. The van der Waals surface area contributed by atoms with Crippen molar-refractivity contribution in [3.63, 3.8) is 0 Å². The topological polar surface area (TPSA) is 38.3 Å². The molecule has 0 saturated heterocycles. The van der Waals surface area contributed by atoms with Crippen LogP contribution < -0.4 is 5.32 Å². The van der Waals surface area contributed by atoms with Crippen LogP contribution in [-0.4, -0.2) is 19.6 Å². The van der Waals surface area contributed by atoms with Crippen molar-refractivity contribution in [2.75, 3.05) is 13.7 Å². The molecule has 0 spiro atoms. The molecule has 0 amide bonds. The number of benzene rings is 1. The highest BCUT2D eigenvalue weighted by Crippen LogP contribution is 2.22. The molecule has 1 atom stereocenters. The van der Waals surface area contributed by atoms with Gasteiger partial charge in [0, 0.05) is 17.1 Å². The number of rotatable bonds is 5. The molecule has 0 unspecified atom stereocenters. The summed E-state index contributed by atoms with van der Waals surface area (Å²) in [5.41, 5.74) is 1.19. The minimum absolute atomic E-state index is 0.188. The van der Waals surface area contributed by atoms with Gasteiger partial charge in [-0.15, -0.1) is 0 Å². The van der Waals surface area contributed by atoms with Gasteiger partial charge in [0.15, 0.2) is 0 Å². The normalized spacial score (nSPS) is 12.2. The fraction of sp³-hybridized carbons (Fsp3) is 0.417. The molecule has 0 bridgehead atoms. The van der Waals surface area contributed by atoms with E-state index in [0.717, 1.165) is 4.47 Å². The van der Waals surface area contributed by atoms with Crippen molar-refractivity contribution in [1.82, 2.24) is 5.32 Å². The average Bonchev–Trinajstić information content (AvgIpc) is 2.29. The first-order valence-corrected chi connectivity index (χ1v) is 5.99. The van der Waals surface area contributed by atoms with Crippen LogP contribution in [0.15, 0.2) is 28.7 Å². The number of ether oxygens (including phenoxy) is 1. The van der Waals surface area contributed by atoms with Gasteiger partial charge in [-0.2, -0.15) is 0 Å². The van der Waals surface area contributed by atoms with Gasteiger partial charge >= 0.3 is 5.97 Å². The van der Waals surface area contributed by atoms with Gasteiger partial charge in [-0.1, -0.05) is 34.1 Å². The van der Waals surface area contributed by atoms with Gasteiger partial charge in [-0.05, 0) is 18.6 Å². The molecule has 1 rings (SSSR count). The Morgan fingerprint density at radius 3 is 2.81 bits per heavy atom. The van der Waals surface area contributed by atoms with E-state index in [1.807, 2.05) is 18.2 Å². The molecule has 0 aliphatic heterocycles. The summed E-state index contributed by atoms with van der Waals surface area (Å²) in [6, 6.07) is 8.25. The first kappa shape index (κ1) is 13.2. The van der Waals surface area contributed by atoms with Crippen molar-refractivity contribution >= 4 is 21.9 Å². The third kappa shape index (κ3) is 3.94. The highest BCUT2D eigenvalue weighted by molar-refractivity contribution is 9.10. The predicted octanol–water partition coefficient (Wildman–Crippen LogP) is 2.66. The summed E-state index contributed by atoms with van der Waals surface area (Å²) < 4.78 is 5.65. The van der Waals surface area contributed by atoms with Crippen LogP contribution in [0.4, 0.5) is 0 Å².